The van der Waals surface area contributed by atoms with E-state index in [0.717, 1.165) is 46.0 Å². The number of hydrogen-bond donors (Lipinski definition) is 2. The molecule has 3 N–H and O–H groups in total. The van der Waals surface area contributed by atoms with Gasteiger partial charge in [-0.2, -0.15) is 9.61 Å². The maximum atomic E-state index is 13.7. The molecule has 0 bridgehead atoms. The van der Waals surface area contributed by atoms with Crippen molar-refractivity contribution in [2.45, 2.75) is 24.9 Å². The lowest BCUT2D eigenvalue weighted by atomic mass is 9.89. The number of nitrogens with one attached hydrogen (secondary N) is 1. The summed E-state index contributed by atoms with van der Waals surface area (Å²) in [6, 6.07) is 6.44. The van der Waals surface area contributed by atoms with Crippen molar-refractivity contribution in [1.29, 1.82) is 0 Å². The number of pyridine rings is 1. The average Bonchev–Trinajstić information content (AvgIpc) is 3.25. The first-order chi connectivity index (χ1) is 16.0. The molecule has 3 aromatic heterocycles. The lowest BCUT2D eigenvalue weighted by Crippen LogP contribution is -2.52. The molecule has 4 aromatic rings. The van der Waals surface area contributed by atoms with E-state index in [1.54, 1.807) is 30.1 Å². The van der Waals surface area contributed by atoms with Crippen molar-refractivity contribution >= 4 is 35.7 Å². The molecule has 1 saturated heterocycles. The minimum atomic E-state index is -0.300. The Morgan fingerprint density at radius 2 is 2.09 bits per heavy atom. The minimum absolute atomic E-state index is 0.155. The summed E-state index contributed by atoms with van der Waals surface area (Å²) >= 11 is 0. The van der Waals surface area contributed by atoms with Gasteiger partial charge in [0.1, 0.15) is 19.5 Å². The number of methoxy groups -OCH3 is 1. The second kappa shape index (κ2) is 8.70. The zero-order valence-electron chi connectivity index (χ0n) is 18.8. The maximum Gasteiger partial charge on any atom is 0.165 e. The number of nitrogens with zero attached hydrogens (tertiary/aromatic N) is 4. The lowest BCUT2D eigenvalue weighted by Gasteiger charge is -2.37. The summed E-state index contributed by atoms with van der Waals surface area (Å²) in [5.41, 5.74) is 11.0. The predicted molar refractivity (Wildman–Crippen MR) is 128 cm³/mol. The third-order valence-electron chi connectivity index (χ3n) is 6.49. The molecule has 0 amide bonds. The Labute approximate surface area is 191 Å². The van der Waals surface area contributed by atoms with Crippen molar-refractivity contribution in [3.63, 3.8) is 0 Å². The molecule has 8 nitrogen and oxygen atoms in total. The molecule has 0 atom stereocenters. The van der Waals surface area contributed by atoms with Crippen LogP contribution >= 0.6 is 0 Å². The molecule has 33 heavy (non-hydrogen) atoms. The van der Waals surface area contributed by atoms with Gasteiger partial charge in [0.2, 0.25) is 0 Å². The number of ether oxygens (including phenoxy) is 2. The van der Waals surface area contributed by atoms with Gasteiger partial charge in [-0.15, -0.1) is 0 Å². The van der Waals surface area contributed by atoms with Crippen LogP contribution in [0.5, 0.6) is 0 Å². The average molecular weight is 448 g/mol. The van der Waals surface area contributed by atoms with Crippen LogP contribution in [0, 0.1) is 5.82 Å². The number of hydrogen-bond acceptors (Lipinski definition) is 7. The SMILES string of the molecule is Bc1c(CNC2(COC)CCOCC2)nc2c(-c3cnc4ccc(F)cc4c3)cnn2c1N. The monoisotopic (exact) mass is 448 g/mol. The Morgan fingerprint density at radius 1 is 1.27 bits per heavy atom. The van der Waals surface area contributed by atoms with Gasteiger partial charge in [0.25, 0.3) is 0 Å². The van der Waals surface area contributed by atoms with Crippen molar-refractivity contribution in [2.24, 2.45) is 0 Å². The summed E-state index contributed by atoms with van der Waals surface area (Å²) in [5.74, 6) is 0.237. The number of fused-ring (bicyclic) bond motifs is 2. The molecule has 1 aliphatic rings. The molecule has 10 heteroatoms. The van der Waals surface area contributed by atoms with E-state index in [1.807, 2.05) is 13.9 Å². The van der Waals surface area contributed by atoms with Crippen molar-refractivity contribution in [1.82, 2.24) is 24.9 Å². The molecule has 0 aliphatic carbocycles. The van der Waals surface area contributed by atoms with E-state index < -0.39 is 0 Å². The topological polar surface area (TPSA) is 99.6 Å². The largest absolute Gasteiger partial charge is 0.384 e. The second-order valence-electron chi connectivity index (χ2n) is 8.60. The summed E-state index contributed by atoms with van der Waals surface area (Å²) < 4.78 is 26.4. The van der Waals surface area contributed by atoms with E-state index in [9.17, 15) is 4.39 Å². The van der Waals surface area contributed by atoms with E-state index in [-0.39, 0.29) is 11.4 Å². The fraction of sp³-hybridized carbons (Fsp3) is 0.348. The van der Waals surface area contributed by atoms with E-state index in [4.69, 9.17) is 20.2 Å². The van der Waals surface area contributed by atoms with Gasteiger partial charge in [0.15, 0.2) is 5.65 Å². The van der Waals surface area contributed by atoms with Crippen LogP contribution in [-0.2, 0) is 16.0 Å². The first-order valence-electron chi connectivity index (χ1n) is 11.0. The molecule has 170 valence electrons. The highest BCUT2D eigenvalue weighted by molar-refractivity contribution is 6.36. The molecule has 0 unspecified atom stereocenters. The standard InChI is InChI=1S/C23H26BFN6O2/c1-32-13-23(4-6-33-7-5-23)28-12-19-20(24)21(26)31-22(30-19)17(11-29-31)15-8-14-9-16(25)2-3-18(14)27-10-15/h2-3,8-11,28H,4-7,12-13,24,26H2,1H3. The normalized spacial score (nSPS) is 15.9. The van der Waals surface area contributed by atoms with Crippen LogP contribution in [0.25, 0.3) is 27.7 Å². The zero-order valence-corrected chi connectivity index (χ0v) is 18.8. The van der Waals surface area contributed by atoms with Crippen molar-refractivity contribution in [3.8, 4) is 11.1 Å². The number of rotatable bonds is 6. The highest BCUT2D eigenvalue weighted by Crippen LogP contribution is 2.27. The fourth-order valence-corrected chi connectivity index (χ4v) is 4.45. The van der Waals surface area contributed by atoms with Crippen LogP contribution < -0.4 is 16.5 Å². The number of benzene rings is 1. The van der Waals surface area contributed by atoms with Gasteiger partial charge in [0.05, 0.1) is 24.0 Å². The van der Waals surface area contributed by atoms with Gasteiger partial charge in [-0.3, -0.25) is 4.98 Å². The minimum Gasteiger partial charge on any atom is -0.384 e. The third-order valence-corrected chi connectivity index (χ3v) is 6.49. The van der Waals surface area contributed by atoms with Gasteiger partial charge < -0.3 is 20.5 Å². The summed E-state index contributed by atoms with van der Waals surface area (Å²) in [6.45, 7) is 2.55. The molecule has 1 aliphatic heterocycles. The number of anilines is 1. The highest BCUT2D eigenvalue weighted by atomic mass is 19.1. The van der Waals surface area contributed by atoms with Crippen LogP contribution in [0.2, 0.25) is 0 Å². The number of nitrogen functional groups attached to an aromatic ring is 1. The van der Waals surface area contributed by atoms with Gasteiger partial charge in [0, 0.05) is 55.1 Å². The van der Waals surface area contributed by atoms with Crippen molar-refractivity contribution < 1.29 is 13.9 Å². The predicted octanol–water partition coefficient (Wildman–Crippen LogP) is 1.21. The smallest absolute Gasteiger partial charge is 0.165 e. The Morgan fingerprint density at radius 3 is 2.88 bits per heavy atom. The van der Waals surface area contributed by atoms with Crippen molar-refractivity contribution in [3.05, 3.63) is 48.2 Å². The van der Waals surface area contributed by atoms with Crippen LogP contribution in [0.4, 0.5) is 10.2 Å². The quantitative estimate of drug-likeness (QED) is 0.428. The molecule has 0 saturated carbocycles. The summed E-state index contributed by atoms with van der Waals surface area (Å²) in [4.78, 5) is 9.40. The van der Waals surface area contributed by atoms with Gasteiger partial charge in [-0.05, 0) is 42.6 Å². The van der Waals surface area contributed by atoms with Gasteiger partial charge >= 0.3 is 0 Å². The third kappa shape index (κ3) is 4.05. The molecule has 0 radical (unpaired) electrons. The molecule has 4 heterocycles. The van der Waals surface area contributed by atoms with Crippen LogP contribution in [0.15, 0.2) is 36.7 Å². The van der Waals surface area contributed by atoms with E-state index in [0.29, 0.717) is 37.8 Å². The number of aromatic nitrogens is 4. The number of halogens is 1. The molecule has 0 spiro atoms. The second-order valence-corrected chi connectivity index (χ2v) is 8.60. The molecular weight excluding hydrogens is 422 g/mol. The van der Waals surface area contributed by atoms with Crippen molar-refractivity contribution in [2.75, 3.05) is 32.7 Å². The summed E-state index contributed by atoms with van der Waals surface area (Å²) in [5, 5.41) is 8.84. The molecular formula is C23H26BFN6O2. The fourth-order valence-electron chi connectivity index (χ4n) is 4.45. The molecule has 1 aromatic carbocycles. The Kier molecular flexibility index (Phi) is 5.73. The zero-order chi connectivity index (χ0) is 23.0. The molecule has 5 rings (SSSR count). The van der Waals surface area contributed by atoms with Crippen LogP contribution in [0.1, 0.15) is 18.5 Å². The van der Waals surface area contributed by atoms with E-state index >= 15 is 0 Å². The maximum absolute atomic E-state index is 13.7. The molecule has 1 fully saturated rings. The Balaban J connectivity index is 1.52. The first-order valence-corrected chi connectivity index (χ1v) is 11.0. The van der Waals surface area contributed by atoms with Crippen LogP contribution in [-0.4, -0.2) is 59.9 Å². The first kappa shape index (κ1) is 21.8. The highest BCUT2D eigenvalue weighted by Gasteiger charge is 2.32. The van der Waals surface area contributed by atoms with Gasteiger partial charge in [-0.25, -0.2) is 9.37 Å². The lowest BCUT2D eigenvalue weighted by molar-refractivity contribution is -0.000318. The van der Waals surface area contributed by atoms with E-state index in [2.05, 4.69) is 15.4 Å². The summed E-state index contributed by atoms with van der Waals surface area (Å²) in [6.07, 6.45) is 5.22. The number of nitrogens with two attached hydrogens (primary N) is 1. The van der Waals surface area contributed by atoms with Crippen LogP contribution in [0.3, 0.4) is 0 Å². The Hall–Kier alpha value is -3.08. The van der Waals surface area contributed by atoms with Gasteiger partial charge in [-0.1, -0.05) is 0 Å². The Bertz CT molecular complexity index is 1320. The summed E-state index contributed by atoms with van der Waals surface area (Å²) in [7, 11) is 3.67. The van der Waals surface area contributed by atoms with E-state index in [1.165, 1.54) is 12.1 Å².